The van der Waals surface area contributed by atoms with Gasteiger partial charge in [0.15, 0.2) is 5.96 Å². The summed E-state index contributed by atoms with van der Waals surface area (Å²) in [6.07, 6.45) is 10.9. The number of hydrogen-bond donors (Lipinski definition) is 2. The third-order valence-electron chi connectivity index (χ3n) is 6.39. The largest absolute Gasteiger partial charge is 0.357 e. The first-order chi connectivity index (χ1) is 12.2. The standard InChI is InChI=1S/C20H39N5.HI/c1-3-21-20(22-12-8-17-9-13-24(2)14-10-17)23-18-11-15-25(16-18)19-6-4-5-7-19;/h17-19H,3-16H2,1-2H3,(H2,21,22,23);1H. The summed E-state index contributed by atoms with van der Waals surface area (Å²) >= 11 is 0. The van der Waals surface area contributed by atoms with Gasteiger partial charge in [-0.25, -0.2) is 0 Å². The van der Waals surface area contributed by atoms with Gasteiger partial charge in [-0.1, -0.05) is 12.8 Å². The number of aliphatic imine (C=N–C) groups is 1. The number of likely N-dealkylation sites (tertiary alicyclic amines) is 2. The van der Waals surface area contributed by atoms with Crippen LogP contribution in [0, 0.1) is 5.92 Å². The van der Waals surface area contributed by atoms with E-state index < -0.39 is 0 Å². The lowest BCUT2D eigenvalue weighted by atomic mass is 9.94. The quantitative estimate of drug-likeness (QED) is 0.351. The van der Waals surface area contributed by atoms with Crippen LogP contribution in [0.4, 0.5) is 0 Å². The minimum Gasteiger partial charge on any atom is -0.357 e. The molecule has 2 heterocycles. The molecule has 2 aliphatic heterocycles. The highest BCUT2D eigenvalue weighted by molar-refractivity contribution is 14.0. The van der Waals surface area contributed by atoms with E-state index >= 15 is 0 Å². The van der Waals surface area contributed by atoms with Gasteiger partial charge in [-0.05, 0) is 71.5 Å². The lowest BCUT2D eigenvalue weighted by Crippen LogP contribution is -2.45. The summed E-state index contributed by atoms with van der Waals surface area (Å²) < 4.78 is 0. The number of piperidine rings is 1. The molecule has 3 fully saturated rings. The number of nitrogens with one attached hydrogen (secondary N) is 2. The molecule has 3 aliphatic rings. The van der Waals surface area contributed by atoms with Crippen molar-refractivity contribution in [2.75, 3.05) is 46.3 Å². The van der Waals surface area contributed by atoms with E-state index in [1.807, 2.05) is 0 Å². The molecule has 0 aromatic rings. The zero-order valence-electron chi connectivity index (χ0n) is 16.9. The predicted octanol–water partition coefficient (Wildman–Crippen LogP) is 2.91. The number of nitrogens with zero attached hydrogens (tertiary/aromatic N) is 3. The summed E-state index contributed by atoms with van der Waals surface area (Å²) in [5.74, 6) is 1.90. The molecule has 0 radical (unpaired) electrons. The van der Waals surface area contributed by atoms with Crippen molar-refractivity contribution in [3.8, 4) is 0 Å². The first-order valence-electron chi connectivity index (χ1n) is 10.7. The minimum atomic E-state index is 0. The van der Waals surface area contributed by atoms with Crippen molar-refractivity contribution in [1.82, 2.24) is 20.4 Å². The molecule has 1 aliphatic carbocycles. The zero-order chi connectivity index (χ0) is 17.5. The van der Waals surface area contributed by atoms with Gasteiger partial charge in [0.2, 0.25) is 0 Å². The van der Waals surface area contributed by atoms with Crippen molar-refractivity contribution in [1.29, 1.82) is 0 Å². The molecule has 26 heavy (non-hydrogen) atoms. The van der Waals surface area contributed by atoms with E-state index in [0.717, 1.165) is 31.0 Å². The lowest BCUT2D eigenvalue weighted by molar-refractivity contribution is 0.214. The van der Waals surface area contributed by atoms with E-state index in [-0.39, 0.29) is 24.0 Å². The molecular weight excluding hydrogens is 437 g/mol. The molecule has 2 saturated heterocycles. The Bertz CT molecular complexity index is 416. The number of hydrogen-bond acceptors (Lipinski definition) is 3. The highest BCUT2D eigenvalue weighted by Crippen LogP contribution is 2.26. The second kappa shape index (κ2) is 11.7. The Morgan fingerprint density at radius 1 is 1.04 bits per heavy atom. The SMILES string of the molecule is CCNC(=NCCC1CCN(C)CC1)NC1CCN(C2CCCC2)C1.I. The first-order valence-corrected chi connectivity index (χ1v) is 10.7. The Balaban J connectivity index is 0.00000243. The topological polar surface area (TPSA) is 42.9 Å². The zero-order valence-corrected chi connectivity index (χ0v) is 19.2. The maximum absolute atomic E-state index is 4.87. The average molecular weight is 477 g/mol. The summed E-state index contributed by atoms with van der Waals surface area (Å²) in [5, 5.41) is 7.15. The van der Waals surface area contributed by atoms with Gasteiger partial charge in [-0.3, -0.25) is 9.89 Å². The van der Waals surface area contributed by atoms with Crippen molar-refractivity contribution in [2.45, 2.75) is 70.4 Å². The van der Waals surface area contributed by atoms with Crippen LogP contribution in [0.3, 0.4) is 0 Å². The molecule has 6 heteroatoms. The molecule has 1 saturated carbocycles. The molecule has 5 nitrogen and oxygen atoms in total. The summed E-state index contributed by atoms with van der Waals surface area (Å²) in [5.41, 5.74) is 0. The van der Waals surface area contributed by atoms with Gasteiger partial charge in [0.05, 0.1) is 0 Å². The Hall–Kier alpha value is -0.0800. The Morgan fingerprint density at radius 2 is 1.77 bits per heavy atom. The fourth-order valence-electron chi connectivity index (χ4n) is 4.73. The van der Waals surface area contributed by atoms with Gasteiger partial charge in [0, 0.05) is 38.3 Å². The summed E-state index contributed by atoms with van der Waals surface area (Å²) in [4.78, 5) is 10.0. The Morgan fingerprint density at radius 3 is 2.46 bits per heavy atom. The molecule has 0 amide bonds. The number of guanidine groups is 1. The molecule has 1 unspecified atom stereocenters. The third kappa shape index (κ3) is 6.82. The monoisotopic (exact) mass is 477 g/mol. The maximum atomic E-state index is 4.87. The van der Waals surface area contributed by atoms with Gasteiger partial charge in [-0.15, -0.1) is 24.0 Å². The van der Waals surface area contributed by atoms with Crippen LogP contribution in [-0.4, -0.2) is 74.2 Å². The van der Waals surface area contributed by atoms with Crippen LogP contribution in [0.2, 0.25) is 0 Å². The summed E-state index contributed by atoms with van der Waals surface area (Å²) in [6, 6.07) is 1.43. The second-order valence-corrected chi connectivity index (χ2v) is 8.36. The molecule has 1 atom stereocenters. The summed E-state index contributed by atoms with van der Waals surface area (Å²) in [7, 11) is 2.23. The molecular formula is C20H40IN5. The second-order valence-electron chi connectivity index (χ2n) is 8.36. The van der Waals surface area contributed by atoms with Gasteiger partial charge in [0.1, 0.15) is 0 Å². The van der Waals surface area contributed by atoms with Crippen molar-refractivity contribution in [3.05, 3.63) is 0 Å². The fraction of sp³-hybridized carbons (Fsp3) is 0.950. The van der Waals surface area contributed by atoms with Gasteiger partial charge >= 0.3 is 0 Å². The lowest BCUT2D eigenvalue weighted by Gasteiger charge is -2.28. The van der Waals surface area contributed by atoms with Crippen molar-refractivity contribution >= 4 is 29.9 Å². The van der Waals surface area contributed by atoms with Gasteiger partial charge < -0.3 is 15.5 Å². The van der Waals surface area contributed by atoms with E-state index in [9.17, 15) is 0 Å². The van der Waals surface area contributed by atoms with E-state index in [4.69, 9.17) is 4.99 Å². The van der Waals surface area contributed by atoms with Crippen LogP contribution in [0.5, 0.6) is 0 Å². The van der Waals surface area contributed by atoms with E-state index in [1.165, 1.54) is 77.5 Å². The van der Waals surface area contributed by atoms with Crippen LogP contribution in [0.25, 0.3) is 0 Å². The molecule has 0 aromatic carbocycles. The third-order valence-corrected chi connectivity index (χ3v) is 6.39. The highest BCUT2D eigenvalue weighted by atomic mass is 127. The van der Waals surface area contributed by atoms with Crippen LogP contribution in [0.15, 0.2) is 4.99 Å². The normalized spacial score (nSPS) is 26.8. The van der Waals surface area contributed by atoms with Crippen molar-refractivity contribution in [3.63, 3.8) is 0 Å². The van der Waals surface area contributed by atoms with Crippen molar-refractivity contribution < 1.29 is 0 Å². The van der Waals surface area contributed by atoms with Crippen LogP contribution in [0.1, 0.15) is 58.3 Å². The molecule has 2 N–H and O–H groups in total. The average Bonchev–Trinajstić information content (AvgIpc) is 3.28. The molecule has 152 valence electrons. The number of halogens is 1. The van der Waals surface area contributed by atoms with E-state index in [1.54, 1.807) is 0 Å². The first kappa shape index (κ1) is 22.2. The number of rotatable bonds is 6. The highest BCUT2D eigenvalue weighted by Gasteiger charge is 2.30. The molecule has 0 bridgehead atoms. The molecule has 0 spiro atoms. The summed E-state index contributed by atoms with van der Waals surface area (Å²) in [6.45, 7) is 9.04. The Labute approximate surface area is 177 Å². The minimum absolute atomic E-state index is 0. The van der Waals surface area contributed by atoms with Gasteiger partial charge in [-0.2, -0.15) is 0 Å². The molecule has 3 rings (SSSR count). The van der Waals surface area contributed by atoms with Crippen LogP contribution in [-0.2, 0) is 0 Å². The smallest absolute Gasteiger partial charge is 0.191 e. The van der Waals surface area contributed by atoms with E-state index in [0.29, 0.717) is 6.04 Å². The van der Waals surface area contributed by atoms with Crippen LogP contribution >= 0.6 is 24.0 Å². The fourth-order valence-corrected chi connectivity index (χ4v) is 4.73. The van der Waals surface area contributed by atoms with E-state index in [2.05, 4.69) is 34.4 Å². The molecule has 0 aromatic heterocycles. The predicted molar refractivity (Wildman–Crippen MR) is 122 cm³/mol. The Kier molecular flexibility index (Phi) is 9.99. The maximum Gasteiger partial charge on any atom is 0.191 e. The van der Waals surface area contributed by atoms with Gasteiger partial charge in [0.25, 0.3) is 0 Å². The van der Waals surface area contributed by atoms with Crippen molar-refractivity contribution in [2.24, 2.45) is 10.9 Å². The van der Waals surface area contributed by atoms with Crippen LogP contribution < -0.4 is 10.6 Å².